The predicted octanol–water partition coefficient (Wildman–Crippen LogP) is 16.2. The van der Waals surface area contributed by atoms with Gasteiger partial charge >= 0.3 is 0 Å². The molecule has 4 N–H and O–H groups in total. The second-order valence-corrected chi connectivity index (χ2v) is 31.7. The monoisotopic (exact) mass is 1590 g/mol. The lowest BCUT2D eigenvalue weighted by Gasteiger charge is -2.17. The zero-order chi connectivity index (χ0) is 81.7. The number of β-amino-alcohol motifs (C(OH)–C–C–N with tert-alkyl or cyclic N) is 1. The van der Waals surface area contributed by atoms with Gasteiger partial charge in [0.2, 0.25) is 0 Å². The molecule has 23 nitrogen and oxygen atoms in total. The van der Waals surface area contributed by atoms with E-state index < -0.39 is 0 Å². The third-order valence-electron chi connectivity index (χ3n) is 24.2. The average Bonchev–Trinajstić information content (AvgIpc) is 1.58. The van der Waals surface area contributed by atoms with Crippen molar-refractivity contribution in [2.45, 2.75) is 70.0 Å². The van der Waals surface area contributed by atoms with Gasteiger partial charge in [-0.15, -0.1) is 0 Å². The van der Waals surface area contributed by atoms with Crippen molar-refractivity contribution in [1.29, 1.82) is 0 Å². The number of aliphatic hydroxyl groups excluding tert-OH is 1. The van der Waals surface area contributed by atoms with Gasteiger partial charge in [0.15, 0.2) is 34.5 Å². The fourth-order valence-corrected chi connectivity index (χ4v) is 17.1. The van der Waals surface area contributed by atoms with Crippen LogP contribution in [0.3, 0.4) is 0 Å². The number of carbonyl (C=O) groups excluding carboxylic acids is 3. The van der Waals surface area contributed by atoms with Crippen molar-refractivity contribution in [2.75, 3.05) is 128 Å². The first kappa shape index (κ1) is 80.0. The van der Waals surface area contributed by atoms with Crippen LogP contribution in [0.2, 0.25) is 0 Å². The molecule has 6 fully saturated rings. The number of likely N-dealkylation sites (tertiary alicyclic amines) is 3. The molecule has 0 bridgehead atoms. The highest BCUT2D eigenvalue weighted by Gasteiger charge is 2.56. The Morgan fingerprint density at radius 2 is 0.797 bits per heavy atom. The van der Waals surface area contributed by atoms with Gasteiger partial charge in [-0.1, -0.05) is 48.6 Å². The first-order chi connectivity index (χ1) is 57.5. The lowest BCUT2D eigenvalue weighted by molar-refractivity contribution is 0.0697. The molecule has 3 spiro atoms. The minimum Gasteiger partial charge on any atom is -0.493 e. The highest BCUT2D eigenvalue weighted by Crippen LogP contribution is 2.56. The first-order valence-corrected chi connectivity index (χ1v) is 40.7. The molecule has 3 aliphatic carbocycles. The molecule has 18 rings (SSSR count). The van der Waals surface area contributed by atoms with E-state index in [1.54, 1.807) is 61.1 Å². The second-order valence-electron chi connectivity index (χ2n) is 31.7. The van der Waals surface area contributed by atoms with E-state index in [0.29, 0.717) is 122 Å². The standard InChI is InChI=1S/C32H35N3O5.C32H33N3O4.C31H33N3O5/c1-33-31(36)24-7-4-6-21-16-22(8-9-23(21)24)40-27-10-13-34-26-18-29(28(37-2)17-25(26)27)39-15-5-14-35-19-30(38-3)32(20-35)11-12-32;1-21-19-35(20-32(21)11-12-32)14-5-15-38-30-18-27-26(17-29(30)37-3)28(10-13-34-27)39-23-8-9-24-22(16-23)6-4-7-25(24)31(36)33-2;1-32-30(36)23-6-3-5-20-15-21(7-8-22(20)23)39-26-9-12-33-25-17-28(27(37-2)16-24(25)26)38-14-4-13-34-18-29(35)31(19-34)10-11-31/h4,6-10,13,16-18,30H,5,11-12,14-15,19-20H2,1-3H3,(H,33,36);4,6-10,13,16-18H,1,5,11-12,14-15,19-20H2,2-3H3,(H,33,36);3,5-9,12,15-17,29,35H,4,10-11,13-14,18-19H2,1-2H3,(H,32,36). The quantitative estimate of drug-likeness (QED) is 0.0263. The molecule has 3 saturated carbocycles. The van der Waals surface area contributed by atoms with Gasteiger partial charge in [0.05, 0.1) is 69.9 Å². The maximum absolute atomic E-state index is 12.3. The van der Waals surface area contributed by atoms with Crippen LogP contribution in [0.15, 0.2) is 195 Å². The summed E-state index contributed by atoms with van der Waals surface area (Å²) in [6.07, 6.45) is 15.5. The van der Waals surface area contributed by atoms with Crippen molar-refractivity contribution in [3.63, 3.8) is 0 Å². The summed E-state index contributed by atoms with van der Waals surface area (Å²) in [7, 11) is 11.6. The molecular weight excluding hydrogens is 1490 g/mol. The summed E-state index contributed by atoms with van der Waals surface area (Å²) in [5, 5.41) is 26.2. The van der Waals surface area contributed by atoms with E-state index in [-0.39, 0.29) is 29.2 Å². The molecule has 23 heteroatoms. The maximum atomic E-state index is 12.3. The largest absolute Gasteiger partial charge is 0.493 e. The zero-order valence-electron chi connectivity index (χ0n) is 68.0. The summed E-state index contributed by atoms with van der Waals surface area (Å²) in [5.74, 6) is 7.47. The van der Waals surface area contributed by atoms with Crippen LogP contribution in [-0.4, -0.2) is 193 Å². The highest BCUT2D eigenvalue weighted by molar-refractivity contribution is 6.09. The summed E-state index contributed by atoms with van der Waals surface area (Å²) in [6.45, 7) is 15.0. The average molecular weight is 1590 g/mol. The molecule has 6 aliphatic rings. The molecule has 12 aromatic rings. The minimum atomic E-state index is -0.184. The highest BCUT2D eigenvalue weighted by atomic mass is 16.5. The van der Waals surface area contributed by atoms with E-state index in [1.807, 2.05) is 171 Å². The number of nitrogens with zero attached hydrogens (tertiary/aromatic N) is 6. The van der Waals surface area contributed by atoms with Crippen molar-refractivity contribution in [3.05, 3.63) is 211 Å². The van der Waals surface area contributed by atoms with E-state index in [2.05, 4.69) is 52.2 Å². The third-order valence-corrected chi connectivity index (χ3v) is 24.2. The predicted molar refractivity (Wildman–Crippen MR) is 458 cm³/mol. The number of aromatic nitrogens is 3. The lowest BCUT2D eigenvalue weighted by atomic mass is 10.0. The minimum absolute atomic E-state index is 0.117. The van der Waals surface area contributed by atoms with Crippen LogP contribution < -0.4 is 58.6 Å². The number of methoxy groups -OCH3 is 4. The number of amides is 3. The molecule has 3 amide bonds. The summed E-state index contributed by atoms with van der Waals surface area (Å²) in [4.78, 5) is 57.7. The summed E-state index contributed by atoms with van der Waals surface area (Å²) in [5.41, 5.74) is 6.56. The molecule has 6 heterocycles. The van der Waals surface area contributed by atoms with Crippen LogP contribution >= 0.6 is 0 Å². The molecule has 2 unspecified atom stereocenters. The lowest BCUT2D eigenvalue weighted by Crippen LogP contribution is -2.25. The van der Waals surface area contributed by atoms with Crippen LogP contribution in [0.4, 0.5) is 0 Å². The smallest absolute Gasteiger partial charge is 0.251 e. The molecule has 610 valence electrons. The number of aliphatic hydroxyl groups is 1. The molecule has 3 aromatic heterocycles. The molecule has 3 saturated heterocycles. The Morgan fingerprint density at radius 1 is 0.424 bits per heavy atom. The fourth-order valence-electron chi connectivity index (χ4n) is 17.1. The fraction of sp³-hybridized carbons (Fsp3) is 0.347. The summed E-state index contributed by atoms with van der Waals surface area (Å²) >= 11 is 0. The van der Waals surface area contributed by atoms with Gasteiger partial charge in [-0.25, -0.2) is 0 Å². The number of carbonyl (C=O) groups is 3. The molecule has 118 heavy (non-hydrogen) atoms. The number of nitrogens with one attached hydrogen (secondary N) is 3. The van der Waals surface area contributed by atoms with Crippen LogP contribution in [0, 0.1) is 16.2 Å². The Balaban J connectivity index is 0.000000132. The number of benzene rings is 9. The van der Waals surface area contributed by atoms with Gasteiger partial charge < -0.3 is 68.4 Å². The topological polar surface area (TPSA) is 248 Å². The van der Waals surface area contributed by atoms with Crippen molar-refractivity contribution in [2.24, 2.45) is 16.2 Å². The van der Waals surface area contributed by atoms with Crippen molar-refractivity contribution >= 4 is 82.7 Å². The van der Waals surface area contributed by atoms with E-state index in [1.165, 1.54) is 31.3 Å². The van der Waals surface area contributed by atoms with Gasteiger partial charge in [-0.2, -0.15) is 0 Å². The van der Waals surface area contributed by atoms with Crippen molar-refractivity contribution in [1.82, 2.24) is 45.6 Å². The Hall–Kier alpha value is -11.9. The van der Waals surface area contributed by atoms with E-state index >= 15 is 0 Å². The Bertz CT molecular complexity index is 5770. The van der Waals surface area contributed by atoms with Gasteiger partial charge in [-0.05, 0) is 199 Å². The van der Waals surface area contributed by atoms with Crippen LogP contribution in [0.25, 0.3) is 65.0 Å². The van der Waals surface area contributed by atoms with Crippen LogP contribution in [0.1, 0.15) is 88.9 Å². The van der Waals surface area contributed by atoms with E-state index in [9.17, 15) is 19.5 Å². The third kappa shape index (κ3) is 17.2. The van der Waals surface area contributed by atoms with Gasteiger partial charge in [-0.3, -0.25) is 44.0 Å². The van der Waals surface area contributed by atoms with Crippen LogP contribution in [-0.2, 0) is 4.74 Å². The molecule has 0 radical (unpaired) electrons. The SMILES string of the molecule is C=C1CN(CCCOc2cc3nccc(Oc4ccc5c(C(=O)NC)cccc5c4)c3cc2OC)CC12CC2.CNC(=O)c1cccc2cc(Oc3ccnc4cc(OCCCN5CC(O)C6(CC6)C5)c(OC)cc34)ccc12.CNC(=O)c1cccc2cc(Oc3ccnc4cc(OCCCN5CC(OC)C6(CC6)C5)c(OC)cc34)ccc12. The normalized spacial score (nSPS) is 17.3. The molecule has 3 aliphatic heterocycles. The van der Waals surface area contributed by atoms with Gasteiger partial charge in [0.1, 0.15) is 34.5 Å². The Kier molecular flexibility index (Phi) is 23.5. The van der Waals surface area contributed by atoms with E-state index in [0.717, 1.165) is 156 Å². The Morgan fingerprint density at radius 3 is 1.13 bits per heavy atom. The molecule has 2 atom stereocenters. The maximum Gasteiger partial charge on any atom is 0.251 e. The molecule has 9 aromatic carbocycles. The number of ether oxygens (including phenoxy) is 10. The van der Waals surface area contributed by atoms with Crippen LogP contribution in [0.5, 0.6) is 69.0 Å². The molecular formula is C95H101N9O14. The Labute approximate surface area is 686 Å². The number of hydrogen-bond acceptors (Lipinski definition) is 20. The zero-order valence-corrected chi connectivity index (χ0v) is 68.0. The number of rotatable bonds is 28. The first-order valence-electron chi connectivity index (χ1n) is 40.7. The van der Waals surface area contributed by atoms with Gasteiger partial charge in [0.25, 0.3) is 17.7 Å². The second kappa shape index (κ2) is 34.8. The van der Waals surface area contributed by atoms with E-state index in [4.69, 9.17) is 47.4 Å². The number of fused-ring (bicyclic) bond motifs is 6. The van der Waals surface area contributed by atoms with Crippen molar-refractivity contribution < 1.29 is 66.9 Å². The number of hydrogen-bond donors (Lipinski definition) is 4. The number of pyridine rings is 3. The van der Waals surface area contributed by atoms with Crippen molar-refractivity contribution in [3.8, 4) is 69.0 Å². The summed E-state index contributed by atoms with van der Waals surface area (Å²) < 4.78 is 60.1. The summed E-state index contributed by atoms with van der Waals surface area (Å²) in [6, 6.07) is 51.0. The van der Waals surface area contributed by atoms with Gasteiger partial charge in [0, 0.05) is 173 Å².